The fourth-order valence-electron chi connectivity index (χ4n) is 1.95. The Hall–Kier alpha value is -1.78. The summed E-state index contributed by atoms with van der Waals surface area (Å²) in [6, 6.07) is 7.39. The molecule has 0 bridgehead atoms. The monoisotopic (exact) mass is 227 g/mol. The maximum Gasteiger partial charge on any atom is 0.231 e. The average Bonchev–Trinajstić information content (AvgIpc) is 2.26. The van der Waals surface area contributed by atoms with Crippen LogP contribution in [0.25, 0.3) is 0 Å². The second-order valence-corrected chi connectivity index (χ2v) is 4.50. The fraction of sp³-hybridized carbons (Fsp3) is 0.333. The first kappa shape index (κ1) is 11.7. The molecule has 17 heavy (non-hydrogen) atoms. The molecule has 0 aliphatic carbocycles. The van der Waals surface area contributed by atoms with Crippen LogP contribution in [0.5, 0.6) is 0 Å². The first-order valence-corrected chi connectivity index (χ1v) is 5.40. The molecular weight excluding hydrogens is 213 g/mol. The summed E-state index contributed by atoms with van der Waals surface area (Å²) in [7, 11) is 7.37. The van der Waals surface area contributed by atoms with Crippen molar-refractivity contribution in [2.24, 2.45) is 10.7 Å². The quantitative estimate of drug-likeness (QED) is 0.679. The zero-order valence-corrected chi connectivity index (χ0v) is 9.97. The lowest BCUT2D eigenvalue weighted by atomic mass is 9.84. The summed E-state index contributed by atoms with van der Waals surface area (Å²) in [6.07, 6.45) is 0.299. The van der Waals surface area contributed by atoms with Gasteiger partial charge in [-0.25, -0.2) is 4.99 Å². The predicted octanol–water partition coefficient (Wildman–Crippen LogP) is -0.128. The zero-order chi connectivity index (χ0) is 12.6. The van der Waals surface area contributed by atoms with Gasteiger partial charge in [0.1, 0.15) is 7.85 Å². The highest BCUT2D eigenvalue weighted by molar-refractivity contribution is 6.32. The summed E-state index contributed by atoms with van der Waals surface area (Å²) in [5, 5.41) is 0. The molecule has 1 aliphatic rings. The molecule has 0 aromatic heterocycles. The summed E-state index contributed by atoms with van der Waals surface area (Å²) < 4.78 is 0. The Labute approximate surface area is 102 Å². The van der Waals surface area contributed by atoms with E-state index in [9.17, 15) is 4.79 Å². The lowest BCUT2D eigenvalue weighted by Crippen LogP contribution is -2.47. The molecule has 1 aromatic carbocycles. The van der Waals surface area contributed by atoms with Crippen LogP contribution >= 0.6 is 0 Å². The highest BCUT2D eigenvalue weighted by Crippen LogP contribution is 2.31. The maximum absolute atomic E-state index is 11.8. The number of carbonyl (C=O) groups excluding carboxylic acids is 1. The van der Waals surface area contributed by atoms with Crippen molar-refractivity contribution in [2.75, 3.05) is 7.05 Å². The van der Waals surface area contributed by atoms with Crippen LogP contribution in [0.2, 0.25) is 0 Å². The number of carbonyl (C=O) groups is 1. The van der Waals surface area contributed by atoms with Gasteiger partial charge < -0.3 is 5.73 Å². The molecule has 5 heteroatoms. The molecule has 1 heterocycles. The minimum absolute atomic E-state index is 0.0394. The predicted molar refractivity (Wildman–Crippen MR) is 68.2 cm³/mol. The molecule has 1 amide bonds. The van der Waals surface area contributed by atoms with Gasteiger partial charge in [-0.15, -0.1) is 0 Å². The van der Waals surface area contributed by atoms with Crippen LogP contribution in [0.3, 0.4) is 0 Å². The smallest absolute Gasteiger partial charge is 0.231 e. The fourth-order valence-corrected chi connectivity index (χ4v) is 1.95. The molecule has 4 nitrogen and oxygen atoms in total. The van der Waals surface area contributed by atoms with Gasteiger partial charge in [-0.1, -0.05) is 29.7 Å². The average molecular weight is 227 g/mol. The molecule has 1 aliphatic heterocycles. The third-order valence-corrected chi connectivity index (χ3v) is 3.08. The minimum atomic E-state index is -0.622. The second kappa shape index (κ2) is 3.91. The summed E-state index contributed by atoms with van der Waals surface area (Å²) in [5.41, 5.74) is 6.68. The van der Waals surface area contributed by atoms with Gasteiger partial charge in [-0.3, -0.25) is 9.69 Å². The van der Waals surface area contributed by atoms with E-state index in [1.165, 1.54) is 4.90 Å². The van der Waals surface area contributed by atoms with Crippen molar-refractivity contribution >= 4 is 25.2 Å². The van der Waals surface area contributed by atoms with Gasteiger partial charge in [0.2, 0.25) is 5.91 Å². The number of hydrogen-bond acceptors (Lipinski definition) is 3. The highest BCUT2D eigenvalue weighted by Gasteiger charge is 2.35. The molecule has 1 atom stereocenters. The standard InChI is InChI=1S/C12H14BN3O/c1-12(8-4-3-5-9(13)6-8)7-10(17)16(2)11(14)15-12/h3-6H,7H2,1-2H3,(H2,14,15)/t12-/m0/s1. The van der Waals surface area contributed by atoms with Crippen LogP contribution in [0, 0.1) is 0 Å². The number of nitrogens with two attached hydrogens (primary N) is 1. The van der Waals surface area contributed by atoms with Gasteiger partial charge in [0.15, 0.2) is 5.96 Å². The number of nitrogens with zero attached hydrogens (tertiary/aromatic N) is 2. The van der Waals surface area contributed by atoms with Crippen molar-refractivity contribution in [3.63, 3.8) is 0 Å². The Morgan fingerprint density at radius 2 is 2.24 bits per heavy atom. The number of hydrogen-bond donors (Lipinski definition) is 1. The molecule has 0 saturated carbocycles. The van der Waals surface area contributed by atoms with Crippen LogP contribution in [0.15, 0.2) is 29.3 Å². The van der Waals surface area contributed by atoms with Crippen molar-refractivity contribution in [3.05, 3.63) is 29.8 Å². The molecule has 0 unspecified atom stereocenters. The van der Waals surface area contributed by atoms with E-state index in [4.69, 9.17) is 13.6 Å². The normalized spacial score (nSPS) is 24.7. The maximum atomic E-state index is 11.8. The van der Waals surface area contributed by atoms with Gasteiger partial charge in [-0.2, -0.15) is 0 Å². The number of amides is 1. The minimum Gasteiger partial charge on any atom is -0.369 e. The van der Waals surface area contributed by atoms with Gasteiger partial charge in [0.05, 0.1) is 12.0 Å². The molecule has 2 rings (SSSR count). The third-order valence-electron chi connectivity index (χ3n) is 3.08. The van der Waals surface area contributed by atoms with Crippen LogP contribution in [-0.2, 0) is 10.3 Å². The van der Waals surface area contributed by atoms with Crippen LogP contribution < -0.4 is 11.2 Å². The topological polar surface area (TPSA) is 58.7 Å². The van der Waals surface area contributed by atoms with Gasteiger partial charge in [0, 0.05) is 7.05 Å². The number of aliphatic imine (C=N–C) groups is 1. The molecular formula is C12H14BN3O. The summed E-state index contributed by atoms with van der Waals surface area (Å²) in [4.78, 5) is 17.6. The van der Waals surface area contributed by atoms with Gasteiger partial charge >= 0.3 is 0 Å². The van der Waals surface area contributed by atoms with Gasteiger partial charge in [0.25, 0.3) is 0 Å². The van der Waals surface area contributed by atoms with Crippen molar-refractivity contribution in [1.29, 1.82) is 0 Å². The molecule has 0 saturated heterocycles. The Morgan fingerprint density at radius 3 is 2.82 bits per heavy atom. The van der Waals surface area contributed by atoms with Crippen LogP contribution in [-0.4, -0.2) is 31.7 Å². The Kier molecular flexibility index (Phi) is 2.69. The van der Waals surface area contributed by atoms with E-state index in [1.54, 1.807) is 13.1 Å². The van der Waals surface area contributed by atoms with Crippen molar-refractivity contribution in [3.8, 4) is 0 Å². The molecule has 86 valence electrons. The van der Waals surface area contributed by atoms with E-state index in [-0.39, 0.29) is 11.9 Å². The number of rotatable bonds is 1. The highest BCUT2D eigenvalue weighted by atomic mass is 16.2. The van der Waals surface area contributed by atoms with Crippen LogP contribution in [0.1, 0.15) is 18.9 Å². The lowest BCUT2D eigenvalue weighted by molar-refractivity contribution is -0.128. The first-order valence-electron chi connectivity index (χ1n) is 5.40. The number of guanidine groups is 1. The molecule has 1 aromatic rings. The van der Waals surface area contributed by atoms with E-state index >= 15 is 0 Å². The molecule has 0 fully saturated rings. The largest absolute Gasteiger partial charge is 0.369 e. The molecule has 2 radical (unpaired) electrons. The summed E-state index contributed by atoms with van der Waals surface area (Å²) in [5.74, 6) is 0.202. The Balaban J connectivity index is 2.47. The second-order valence-electron chi connectivity index (χ2n) is 4.50. The van der Waals surface area contributed by atoms with Crippen molar-refractivity contribution in [2.45, 2.75) is 18.9 Å². The number of benzene rings is 1. The van der Waals surface area contributed by atoms with E-state index in [1.807, 2.05) is 25.1 Å². The Morgan fingerprint density at radius 1 is 1.53 bits per heavy atom. The molecule has 2 N–H and O–H groups in total. The van der Waals surface area contributed by atoms with E-state index in [2.05, 4.69) is 4.99 Å². The van der Waals surface area contributed by atoms with Crippen LogP contribution in [0.4, 0.5) is 0 Å². The Bertz CT molecular complexity index is 500. The first-order chi connectivity index (χ1) is 7.92. The van der Waals surface area contributed by atoms with E-state index < -0.39 is 5.54 Å². The third kappa shape index (κ3) is 2.05. The lowest BCUT2D eigenvalue weighted by Gasteiger charge is -2.33. The SMILES string of the molecule is [B]c1cccc([C@]2(C)CC(=O)N(C)C(N)=N2)c1. The van der Waals surface area contributed by atoms with Crippen molar-refractivity contribution in [1.82, 2.24) is 4.90 Å². The van der Waals surface area contributed by atoms with E-state index in [0.29, 0.717) is 11.9 Å². The molecule has 0 spiro atoms. The van der Waals surface area contributed by atoms with Crippen molar-refractivity contribution < 1.29 is 4.79 Å². The van der Waals surface area contributed by atoms with E-state index in [0.717, 1.165) is 5.56 Å². The summed E-state index contributed by atoms with van der Waals surface area (Å²) >= 11 is 0. The van der Waals surface area contributed by atoms with Gasteiger partial charge in [-0.05, 0) is 12.5 Å². The zero-order valence-electron chi connectivity index (χ0n) is 9.97. The summed E-state index contributed by atoms with van der Waals surface area (Å²) in [6.45, 7) is 1.89.